The Labute approximate surface area is 229 Å². The summed E-state index contributed by atoms with van der Waals surface area (Å²) in [6, 6.07) is 25.2. The highest BCUT2D eigenvalue weighted by Crippen LogP contribution is 2.42. The first-order valence-corrected chi connectivity index (χ1v) is 13.7. The number of pyridine rings is 1. The van der Waals surface area contributed by atoms with Crippen LogP contribution in [0, 0.1) is 6.92 Å². The third kappa shape index (κ3) is 5.78. The zero-order valence-electron chi connectivity index (χ0n) is 24.2. The third-order valence-electron chi connectivity index (χ3n) is 7.18. The number of hydrogen-bond donors (Lipinski definition) is 2. The van der Waals surface area contributed by atoms with Crippen molar-refractivity contribution in [3.05, 3.63) is 101 Å². The van der Waals surface area contributed by atoms with Gasteiger partial charge in [-0.3, -0.25) is 4.98 Å². The van der Waals surface area contributed by atoms with Gasteiger partial charge in [-0.05, 0) is 64.6 Å². The summed E-state index contributed by atoms with van der Waals surface area (Å²) in [5.74, 6) is 1.21. The van der Waals surface area contributed by atoms with E-state index in [1.54, 1.807) is 0 Å². The molecule has 0 bridgehead atoms. The van der Waals surface area contributed by atoms with Crippen LogP contribution >= 0.6 is 0 Å². The minimum absolute atomic E-state index is 0.162. The lowest BCUT2D eigenvalue weighted by atomic mass is 9.82. The van der Waals surface area contributed by atoms with Crippen molar-refractivity contribution < 1.29 is 5.11 Å². The number of nitrogens with one attached hydrogen (secondary N) is 1. The smallest absolute Gasteiger partial charge is 0.127 e. The Morgan fingerprint density at radius 2 is 1.37 bits per heavy atom. The number of phenols is 1. The van der Waals surface area contributed by atoms with Crippen LogP contribution in [0.1, 0.15) is 88.2 Å². The average molecular weight is 507 g/mol. The summed E-state index contributed by atoms with van der Waals surface area (Å²) in [6.07, 6.45) is 0. The Morgan fingerprint density at radius 1 is 0.763 bits per heavy atom. The van der Waals surface area contributed by atoms with Gasteiger partial charge in [-0.25, -0.2) is 0 Å². The molecule has 0 fully saturated rings. The van der Waals surface area contributed by atoms with Gasteiger partial charge in [0.15, 0.2) is 0 Å². The normalized spacial score (nSPS) is 11.8. The molecule has 0 saturated heterocycles. The van der Waals surface area contributed by atoms with Crippen LogP contribution in [0.2, 0.25) is 0 Å². The van der Waals surface area contributed by atoms with Gasteiger partial charge in [-0.1, -0.05) is 103 Å². The summed E-state index contributed by atoms with van der Waals surface area (Å²) in [5.41, 5.74) is 10.6. The van der Waals surface area contributed by atoms with E-state index in [4.69, 9.17) is 4.98 Å². The van der Waals surface area contributed by atoms with Crippen molar-refractivity contribution in [2.75, 3.05) is 5.32 Å². The van der Waals surface area contributed by atoms with Gasteiger partial charge >= 0.3 is 0 Å². The lowest BCUT2D eigenvalue weighted by molar-refractivity contribution is 0.448. The molecule has 0 aliphatic carbocycles. The number of para-hydroxylation sites is 1. The largest absolute Gasteiger partial charge is 0.507 e. The Kier molecular flexibility index (Phi) is 7.97. The van der Waals surface area contributed by atoms with E-state index in [9.17, 15) is 5.11 Å². The van der Waals surface area contributed by atoms with Gasteiger partial charge < -0.3 is 10.4 Å². The van der Waals surface area contributed by atoms with Gasteiger partial charge in [-0.15, -0.1) is 0 Å². The number of hydrogen-bond acceptors (Lipinski definition) is 3. The zero-order valence-corrected chi connectivity index (χ0v) is 24.2. The Hall–Kier alpha value is -3.59. The van der Waals surface area contributed by atoms with Gasteiger partial charge in [0.2, 0.25) is 0 Å². The third-order valence-corrected chi connectivity index (χ3v) is 7.18. The van der Waals surface area contributed by atoms with Crippen LogP contribution in [-0.4, -0.2) is 10.1 Å². The van der Waals surface area contributed by atoms with Crippen molar-refractivity contribution in [3.8, 4) is 28.1 Å². The van der Waals surface area contributed by atoms with Gasteiger partial charge in [0.25, 0.3) is 0 Å². The first-order chi connectivity index (χ1) is 18.0. The summed E-state index contributed by atoms with van der Waals surface area (Å²) in [6.45, 7) is 18.1. The van der Waals surface area contributed by atoms with E-state index >= 15 is 0 Å². The maximum Gasteiger partial charge on any atom is 0.127 e. The fraction of sp³-hybridized carbons (Fsp3) is 0.343. The predicted octanol–water partition coefficient (Wildman–Crippen LogP) is 9.59. The molecule has 3 heteroatoms. The number of aromatic nitrogens is 1. The molecular weight excluding hydrogens is 464 g/mol. The number of phenolic OH excluding ortho intramolecular Hbond substituents is 1. The van der Waals surface area contributed by atoms with E-state index in [2.05, 4.69) is 121 Å². The monoisotopic (exact) mass is 506 g/mol. The molecule has 0 aliphatic heterocycles. The molecule has 0 unspecified atom stereocenters. The van der Waals surface area contributed by atoms with Crippen LogP contribution in [0.15, 0.2) is 72.8 Å². The number of aryl methyl sites for hydroxylation is 1. The summed E-state index contributed by atoms with van der Waals surface area (Å²) in [5, 5.41) is 15.1. The second-order valence-corrected chi connectivity index (χ2v) is 12.0. The average Bonchev–Trinajstić information content (AvgIpc) is 2.87. The molecule has 0 spiro atoms. The van der Waals surface area contributed by atoms with E-state index in [-0.39, 0.29) is 5.41 Å². The van der Waals surface area contributed by atoms with Crippen molar-refractivity contribution >= 4 is 5.69 Å². The second kappa shape index (κ2) is 11.0. The topological polar surface area (TPSA) is 45.2 Å². The van der Waals surface area contributed by atoms with E-state index in [1.165, 1.54) is 16.8 Å². The fourth-order valence-corrected chi connectivity index (χ4v) is 5.16. The molecule has 4 rings (SSSR count). The maximum atomic E-state index is 11.3. The fourth-order valence-electron chi connectivity index (χ4n) is 5.16. The number of anilines is 1. The highest BCUT2D eigenvalue weighted by atomic mass is 16.3. The molecule has 0 saturated carbocycles. The first kappa shape index (κ1) is 27.4. The Bertz CT molecular complexity index is 1400. The molecule has 0 atom stereocenters. The second-order valence-electron chi connectivity index (χ2n) is 12.0. The van der Waals surface area contributed by atoms with E-state index < -0.39 is 0 Å². The van der Waals surface area contributed by atoms with E-state index in [0.717, 1.165) is 39.2 Å². The van der Waals surface area contributed by atoms with Crippen molar-refractivity contribution in [3.63, 3.8) is 0 Å². The van der Waals surface area contributed by atoms with Crippen LogP contribution in [0.3, 0.4) is 0 Å². The highest BCUT2D eigenvalue weighted by molar-refractivity contribution is 5.86. The van der Waals surface area contributed by atoms with Crippen molar-refractivity contribution in [1.29, 1.82) is 0 Å². The number of nitrogens with zero attached hydrogens (tertiary/aromatic N) is 1. The maximum absolute atomic E-state index is 11.3. The van der Waals surface area contributed by atoms with E-state index in [1.807, 2.05) is 12.1 Å². The van der Waals surface area contributed by atoms with Crippen LogP contribution < -0.4 is 5.32 Å². The van der Waals surface area contributed by atoms with Crippen LogP contribution in [0.25, 0.3) is 22.4 Å². The minimum Gasteiger partial charge on any atom is -0.507 e. The summed E-state index contributed by atoms with van der Waals surface area (Å²) in [7, 11) is 0. The molecule has 0 amide bonds. The van der Waals surface area contributed by atoms with Crippen LogP contribution in [0.4, 0.5) is 5.69 Å². The molecule has 2 N–H and O–H groups in total. The molecule has 0 aliphatic rings. The van der Waals surface area contributed by atoms with Gasteiger partial charge in [0.1, 0.15) is 5.75 Å². The van der Waals surface area contributed by atoms with Crippen LogP contribution in [-0.2, 0) is 12.0 Å². The predicted molar refractivity (Wildman–Crippen MR) is 162 cm³/mol. The molecule has 4 aromatic rings. The molecule has 0 radical (unpaired) electrons. The quantitative estimate of drug-likeness (QED) is 0.262. The highest BCUT2D eigenvalue weighted by Gasteiger charge is 2.23. The number of aromatic hydroxyl groups is 1. The Balaban J connectivity index is 1.72. The van der Waals surface area contributed by atoms with E-state index in [0.29, 0.717) is 24.1 Å². The van der Waals surface area contributed by atoms with Crippen molar-refractivity contribution in [2.45, 2.75) is 79.2 Å². The van der Waals surface area contributed by atoms with Gasteiger partial charge in [0.05, 0.1) is 17.9 Å². The zero-order chi connectivity index (χ0) is 27.6. The first-order valence-electron chi connectivity index (χ1n) is 13.7. The summed E-state index contributed by atoms with van der Waals surface area (Å²) in [4.78, 5) is 5.07. The molecular formula is C35H42N2O. The minimum atomic E-state index is -0.162. The molecule has 3 nitrogen and oxygen atoms in total. The van der Waals surface area contributed by atoms with Gasteiger partial charge in [0, 0.05) is 22.4 Å². The number of benzene rings is 3. The van der Waals surface area contributed by atoms with Crippen molar-refractivity contribution in [2.24, 2.45) is 0 Å². The van der Waals surface area contributed by atoms with Crippen molar-refractivity contribution in [1.82, 2.24) is 4.98 Å². The van der Waals surface area contributed by atoms with Crippen LogP contribution in [0.5, 0.6) is 5.75 Å². The Morgan fingerprint density at radius 3 is 1.97 bits per heavy atom. The lowest BCUT2D eigenvalue weighted by Crippen LogP contribution is -2.12. The molecule has 38 heavy (non-hydrogen) atoms. The number of rotatable bonds is 7. The molecule has 3 aromatic carbocycles. The lowest BCUT2D eigenvalue weighted by Gasteiger charge is -2.23. The molecule has 198 valence electrons. The molecule has 1 aromatic heterocycles. The SMILES string of the molecule is Cc1cc(-c2ccccc2-c2cccc(CNc3c(C(C)C)cccc3C(C)C)n2)c(O)c(C(C)(C)C)c1. The standard InChI is InChI=1S/C35H42N2O/c1-22(2)26-16-12-17-27(23(3)4)33(26)36-21-25-13-11-18-32(37-25)29-15-10-9-14-28(29)30-19-24(5)20-31(34(30)38)35(6,7)8/h9-20,22-23,36,38H,21H2,1-8H3. The van der Waals surface area contributed by atoms with Gasteiger partial charge in [-0.2, -0.15) is 0 Å². The molecule has 1 heterocycles. The summed E-state index contributed by atoms with van der Waals surface area (Å²) >= 11 is 0. The summed E-state index contributed by atoms with van der Waals surface area (Å²) < 4.78 is 0.